The molecule has 0 aliphatic carbocycles. The zero-order chi connectivity index (χ0) is 11.5. The predicted octanol–water partition coefficient (Wildman–Crippen LogP) is 1.41. The van der Waals surface area contributed by atoms with Crippen molar-refractivity contribution in [1.82, 2.24) is 10.6 Å². The minimum absolute atomic E-state index is 0.109. The van der Waals surface area contributed by atoms with Crippen molar-refractivity contribution in [2.45, 2.75) is 18.9 Å². The summed E-state index contributed by atoms with van der Waals surface area (Å²) in [6.07, 6.45) is 1.58. The standard InChI is InChI=1S/C10H11ClN2O2S/c11-8-4-3-7(16-8)10(15)13-6-2-1-5-12-9(6)14/h3-4,6H,1-2,5H2,(H,12,14)(H,13,15). The van der Waals surface area contributed by atoms with Gasteiger partial charge in [-0.25, -0.2) is 0 Å². The molecule has 6 heteroatoms. The molecule has 1 fully saturated rings. The maximum Gasteiger partial charge on any atom is 0.262 e. The predicted molar refractivity (Wildman–Crippen MR) is 62.8 cm³/mol. The SMILES string of the molecule is O=C(NC1CCCNC1=O)c1ccc(Cl)s1. The van der Waals surface area contributed by atoms with Crippen LogP contribution in [0, 0.1) is 0 Å². The number of thiophene rings is 1. The van der Waals surface area contributed by atoms with Crippen LogP contribution < -0.4 is 10.6 Å². The van der Waals surface area contributed by atoms with E-state index >= 15 is 0 Å². The topological polar surface area (TPSA) is 58.2 Å². The Bertz CT molecular complexity index is 419. The molecule has 4 nitrogen and oxygen atoms in total. The Labute approximate surface area is 102 Å². The number of hydrogen-bond donors (Lipinski definition) is 2. The first-order valence-electron chi connectivity index (χ1n) is 5.01. The van der Waals surface area contributed by atoms with Gasteiger partial charge in [-0.15, -0.1) is 11.3 Å². The average Bonchev–Trinajstić information content (AvgIpc) is 2.68. The monoisotopic (exact) mass is 258 g/mol. The van der Waals surface area contributed by atoms with E-state index < -0.39 is 6.04 Å². The van der Waals surface area contributed by atoms with Gasteiger partial charge in [0, 0.05) is 6.54 Å². The van der Waals surface area contributed by atoms with E-state index in [0.717, 1.165) is 6.42 Å². The van der Waals surface area contributed by atoms with Crippen molar-refractivity contribution in [1.29, 1.82) is 0 Å². The molecule has 2 heterocycles. The number of piperidine rings is 1. The van der Waals surface area contributed by atoms with E-state index in [0.29, 0.717) is 22.2 Å². The molecule has 0 radical (unpaired) electrons. The molecule has 1 saturated heterocycles. The molecule has 1 aromatic heterocycles. The van der Waals surface area contributed by atoms with Crippen LogP contribution >= 0.6 is 22.9 Å². The second-order valence-electron chi connectivity index (χ2n) is 3.56. The molecule has 0 aromatic carbocycles. The van der Waals surface area contributed by atoms with Crippen molar-refractivity contribution in [3.05, 3.63) is 21.3 Å². The van der Waals surface area contributed by atoms with Gasteiger partial charge in [-0.2, -0.15) is 0 Å². The number of carbonyl (C=O) groups is 2. The molecule has 2 amide bonds. The van der Waals surface area contributed by atoms with Gasteiger partial charge in [0.05, 0.1) is 9.21 Å². The third-order valence-corrected chi connectivity index (χ3v) is 3.62. The normalized spacial score (nSPS) is 20.3. The number of halogens is 1. The van der Waals surface area contributed by atoms with Crippen LogP contribution in [0.3, 0.4) is 0 Å². The largest absolute Gasteiger partial charge is 0.354 e. The number of amides is 2. The number of rotatable bonds is 2. The maximum atomic E-state index is 11.7. The Hall–Kier alpha value is -1.07. The molecule has 0 bridgehead atoms. The molecule has 0 saturated carbocycles. The summed E-state index contributed by atoms with van der Waals surface area (Å²) in [5, 5.41) is 5.42. The highest BCUT2D eigenvalue weighted by Crippen LogP contribution is 2.21. The van der Waals surface area contributed by atoms with Gasteiger partial charge in [-0.3, -0.25) is 9.59 Å². The Balaban J connectivity index is 1.99. The highest BCUT2D eigenvalue weighted by molar-refractivity contribution is 7.18. The summed E-state index contributed by atoms with van der Waals surface area (Å²) in [5.74, 6) is -0.346. The van der Waals surface area contributed by atoms with Gasteiger partial charge in [0.15, 0.2) is 0 Å². The van der Waals surface area contributed by atoms with E-state index in [4.69, 9.17) is 11.6 Å². The number of hydrogen-bond acceptors (Lipinski definition) is 3. The first-order chi connectivity index (χ1) is 7.66. The molecule has 1 aliphatic heterocycles. The molecular weight excluding hydrogens is 248 g/mol. The molecule has 1 aromatic rings. The fourth-order valence-electron chi connectivity index (χ4n) is 1.58. The summed E-state index contributed by atoms with van der Waals surface area (Å²) in [5.41, 5.74) is 0. The Kier molecular flexibility index (Phi) is 3.46. The number of carbonyl (C=O) groups excluding carboxylic acids is 2. The lowest BCUT2D eigenvalue weighted by Gasteiger charge is -2.22. The van der Waals surface area contributed by atoms with Gasteiger partial charge in [-0.1, -0.05) is 11.6 Å². The zero-order valence-corrected chi connectivity index (χ0v) is 10.0. The van der Waals surface area contributed by atoms with Gasteiger partial charge in [-0.05, 0) is 25.0 Å². The van der Waals surface area contributed by atoms with Gasteiger partial charge in [0.1, 0.15) is 6.04 Å². The van der Waals surface area contributed by atoms with Crippen molar-refractivity contribution < 1.29 is 9.59 Å². The molecule has 2 N–H and O–H groups in total. The van der Waals surface area contributed by atoms with Crippen molar-refractivity contribution >= 4 is 34.8 Å². The lowest BCUT2D eigenvalue weighted by Crippen LogP contribution is -2.50. The molecule has 1 aliphatic rings. The third kappa shape index (κ3) is 2.54. The van der Waals surface area contributed by atoms with Gasteiger partial charge >= 0.3 is 0 Å². The van der Waals surface area contributed by atoms with Crippen LogP contribution in [0.5, 0.6) is 0 Å². The van der Waals surface area contributed by atoms with E-state index in [1.54, 1.807) is 12.1 Å². The summed E-state index contributed by atoms with van der Waals surface area (Å²) in [6.45, 7) is 0.691. The summed E-state index contributed by atoms with van der Waals surface area (Å²) in [4.78, 5) is 23.7. The van der Waals surface area contributed by atoms with E-state index in [9.17, 15) is 9.59 Å². The zero-order valence-electron chi connectivity index (χ0n) is 8.46. The fourth-order valence-corrected chi connectivity index (χ4v) is 2.52. The highest BCUT2D eigenvalue weighted by atomic mass is 35.5. The minimum atomic E-state index is -0.415. The molecule has 1 atom stereocenters. The van der Waals surface area contributed by atoms with E-state index in [-0.39, 0.29) is 11.8 Å². The van der Waals surface area contributed by atoms with E-state index in [2.05, 4.69) is 10.6 Å². The minimum Gasteiger partial charge on any atom is -0.354 e. The Morgan fingerprint density at radius 2 is 2.38 bits per heavy atom. The van der Waals surface area contributed by atoms with Crippen LogP contribution in [0.25, 0.3) is 0 Å². The second-order valence-corrected chi connectivity index (χ2v) is 5.28. The number of nitrogens with one attached hydrogen (secondary N) is 2. The molecule has 2 rings (SSSR count). The molecule has 0 spiro atoms. The third-order valence-electron chi connectivity index (χ3n) is 2.39. The lowest BCUT2D eigenvalue weighted by atomic mass is 10.1. The quantitative estimate of drug-likeness (QED) is 0.843. The van der Waals surface area contributed by atoms with Gasteiger partial charge < -0.3 is 10.6 Å². The van der Waals surface area contributed by atoms with Crippen molar-refractivity contribution in [3.8, 4) is 0 Å². The van der Waals surface area contributed by atoms with Crippen LogP contribution in [0.1, 0.15) is 22.5 Å². The molecule has 1 unspecified atom stereocenters. The van der Waals surface area contributed by atoms with Gasteiger partial charge in [0.2, 0.25) is 5.91 Å². The van der Waals surface area contributed by atoms with Crippen LogP contribution in [0.2, 0.25) is 4.34 Å². The Morgan fingerprint density at radius 1 is 1.56 bits per heavy atom. The smallest absolute Gasteiger partial charge is 0.262 e. The molecule has 86 valence electrons. The summed E-state index contributed by atoms with van der Waals surface area (Å²) >= 11 is 6.94. The molecule has 16 heavy (non-hydrogen) atoms. The Morgan fingerprint density at radius 3 is 3.00 bits per heavy atom. The maximum absolute atomic E-state index is 11.7. The van der Waals surface area contributed by atoms with E-state index in [1.165, 1.54) is 11.3 Å². The second kappa shape index (κ2) is 4.84. The summed E-state index contributed by atoms with van der Waals surface area (Å²) in [7, 11) is 0. The van der Waals surface area contributed by atoms with Crippen LogP contribution in [0.15, 0.2) is 12.1 Å². The summed E-state index contributed by atoms with van der Waals surface area (Å²) in [6, 6.07) is 2.91. The van der Waals surface area contributed by atoms with Crippen molar-refractivity contribution in [3.63, 3.8) is 0 Å². The average molecular weight is 259 g/mol. The highest BCUT2D eigenvalue weighted by Gasteiger charge is 2.24. The van der Waals surface area contributed by atoms with Gasteiger partial charge in [0.25, 0.3) is 5.91 Å². The first kappa shape index (κ1) is 11.4. The summed E-state index contributed by atoms with van der Waals surface area (Å²) < 4.78 is 0.568. The van der Waals surface area contributed by atoms with Crippen LogP contribution in [-0.2, 0) is 4.79 Å². The lowest BCUT2D eigenvalue weighted by molar-refractivity contribution is -0.124. The van der Waals surface area contributed by atoms with Crippen LogP contribution in [0.4, 0.5) is 0 Å². The molecular formula is C10H11ClN2O2S. The van der Waals surface area contributed by atoms with E-state index in [1.807, 2.05) is 0 Å². The first-order valence-corrected chi connectivity index (χ1v) is 6.20. The fraction of sp³-hybridized carbons (Fsp3) is 0.400. The van der Waals surface area contributed by atoms with Crippen molar-refractivity contribution in [2.24, 2.45) is 0 Å². The van der Waals surface area contributed by atoms with Crippen molar-refractivity contribution in [2.75, 3.05) is 6.54 Å². The van der Waals surface area contributed by atoms with Crippen LogP contribution in [-0.4, -0.2) is 24.4 Å².